The van der Waals surface area contributed by atoms with Gasteiger partial charge >= 0.3 is 0 Å². The lowest BCUT2D eigenvalue weighted by atomic mass is 9.70. The molecule has 1 amide bonds. The number of aryl methyl sites for hydroxylation is 1. The van der Waals surface area contributed by atoms with Crippen molar-refractivity contribution in [1.82, 2.24) is 19.5 Å². The molecular formula is C29H44N6O. The SMILES string of the molecule is Cc1cn2nc([C@@H]3CCCCN3C(=O)C3CCC(C4CCCCC4)CC3)cc2nc1N1CC[C@H](N)C1. The number of aromatic nitrogens is 3. The molecule has 2 aliphatic carbocycles. The molecule has 2 aliphatic heterocycles. The topological polar surface area (TPSA) is 79.8 Å². The van der Waals surface area contributed by atoms with Crippen molar-refractivity contribution in [3.8, 4) is 0 Å². The zero-order valence-electron chi connectivity index (χ0n) is 22.1. The van der Waals surface area contributed by atoms with Gasteiger partial charge in [-0.05, 0) is 70.1 Å². The summed E-state index contributed by atoms with van der Waals surface area (Å²) in [7, 11) is 0. The molecule has 7 heteroatoms. The average molecular weight is 493 g/mol. The third-order valence-electron chi connectivity index (χ3n) is 9.71. The Morgan fingerprint density at radius 1 is 0.917 bits per heavy atom. The smallest absolute Gasteiger partial charge is 0.226 e. The first-order valence-corrected chi connectivity index (χ1v) is 14.7. The van der Waals surface area contributed by atoms with E-state index in [0.717, 1.165) is 92.7 Å². The lowest BCUT2D eigenvalue weighted by molar-refractivity contribution is -0.141. The van der Waals surface area contributed by atoms with Gasteiger partial charge in [-0.15, -0.1) is 0 Å². The number of piperidine rings is 1. The monoisotopic (exact) mass is 492 g/mol. The van der Waals surface area contributed by atoms with Gasteiger partial charge in [0, 0.05) is 49.4 Å². The molecule has 2 atom stereocenters. The maximum absolute atomic E-state index is 13.8. The molecular weight excluding hydrogens is 448 g/mol. The van der Waals surface area contributed by atoms with Gasteiger partial charge in [-0.3, -0.25) is 4.79 Å². The number of likely N-dealkylation sites (tertiary alicyclic amines) is 1. The van der Waals surface area contributed by atoms with E-state index in [1.807, 2.05) is 4.52 Å². The van der Waals surface area contributed by atoms with Gasteiger partial charge in [-0.2, -0.15) is 5.10 Å². The summed E-state index contributed by atoms with van der Waals surface area (Å²) in [5.41, 5.74) is 9.15. The minimum atomic E-state index is 0.0768. The van der Waals surface area contributed by atoms with Crippen LogP contribution >= 0.6 is 0 Å². The van der Waals surface area contributed by atoms with E-state index in [4.69, 9.17) is 15.8 Å². The second kappa shape index (κ2) is 10.3. The highest BCUT2D eigenvalue weighted by Crippen LogP contribution is 2.42. The quantitative estimate of drug-likeness (QED) is 0.649. The second-order valence-electron chi connectivity index (χ2n) is 12.2. The summed E-state index contributed by atoms with van der Waals surface area (Å²) in [6.45, 7) is 4.79. The van der Waals surface area contributed by atoms with Crippen LogP contribution in [0.3, 0.4) is 0 Å². The Kier molecular flexibility index (Phi) is 6.93. The Labute approximate surface area is 215 Å². The third kappa shape index (κ3) is 4.75. The van der Waals surface area contributed by atoms with Crippen molar-refractivity contribution in [3.63, 3.8) is 0 Å². The molecule has 0 aromatic carbocycles. The fourth-order valence-electron chi connectivity index (χ4n) is 7.66. The molecule has 2 saturated carbocycles. The van der Waals surface area contributed by atoms with Crippen LogP contribution in [-0.4, -0.2) is 51.1 Å². The third-order valence-corrected chi connectivity index (χ3v) is 9.71. The lowest BCUT2D eigenvalue weighted by Crippen LogP contribution is -2.43. The number of nitrogens with two attached hydrogens (primary N) is 1. The van der Waals surface area contributed by atoms with Crippen molar-refractivity contribution >= 4 is 17.4 Å². The Balaban J connectivity index is 1.17. The van der Waals surface area contributed by atoms with Gasteiger partial charge in [-0.1, -0.05) is 32.1 Å². The van der Waals surface area contributed by atoms with Crippen LogP contribution in [0.4, 0.5) is 5.82 Å². The molecule has 0 bridgehead atoms. The number of carbonyl (C=O) groups is 1. The number of amides is 1. The van der Waals surface area contributed by atoms with Gasteiger partial charge in [0.1, 0.15) is 5.82 Å². The van der Waals surface area contributed by atoms with Crippen molar-refractivity contribution in [2.45, 2.75) is 102 Å². The molecule has 4 heterocycles. The van der Waals surface area contributed by atoms with Crippen LogP contribution < -0.4 is 10.6 Å². The van der Waals surface area contributed by atoms with Crippen LogP contribution in [-0.2, 0) is 4.79 Å². The van der Waals surface area contributed by atoms with Gasteiger partial charge in [0.2, 0.25) is 5.91 Å². The molecule has 196 valence electrons. The number of anilines is 1. The van der Waals surface area contributed by atoms with Crippen molar-refractivity contribution in [2.75, 3.05) is 24.5 Å². The molecule has 6 rings (SSSR count). The van der Waals surface area contributed by atoms with Gasteiger partial charge in [0.05, 0.1) is 11.7 Å². The van der Waals surface area contributed by atoms with E-state index in [-0.39, 0.29) is 18.0 Å². The Morgan fingerprint density at radius 3 is 2.42 bits per heavy atom. The van der Waals surface area contributed by atoms with Crippen LogP contribution in [0.5, 0.6) is 0 Å². The minimum Gasteiger partial charge on any atom is -0.355 e. The first kappa shape index (κ1) is 24.2. The number of carbonyl (C=O) groups excluding carboxylic acids is 1. The summed E-state index contributed by atoms with van der Waals surface area (Å²) in [6, 6.07) is 2.42. The fourth-order valence-corrected chi connectivity index (χ4v) is 7.66. The lowest BCUT2D eigenvalue weighted by Gasteiger charge is -2.40. The summed E-state index contributed by atoms with van der Waals surface area (Å²) < 4.78 is 1.91. The molecule has 36 heavy (non-hydrogen) atoms. The zero-order valence-corrected chi connectivity index (χ0v) is 22.1. The van der Waals surface area contributed by atoms with E-state index in [1.165, 1.54) is 44.9 Å². The number of hydrogen-bond acceptors (Lipinski definition) is 5. The molecule has 4 fully saturated rings. The largest absolute Gasteiger partial charge is 0.355 e. The predicted octanol–water partition coefficient (Wildman–Crippen LogP) is 5.02. The van der Waals surface area contributed by atoms with Crippen molar-refractivity contribution < 1.29 is 4.79 Å². The molecule has 2 N–H and O–H groups in total. The number of rotatable bonds is 4. The number of fused-ring (bicyclic) bond motifs is 1. The van der Waals surface area contributed by atoms with Gasteiger partial charge in [0.15, 0.2) is 5.65 Å². The normalized spacial score (nSPS) is 30.3. The standard InChI is InChI=1S/C29H44N6O/c1-20-18-35-27(31-28(20)33-16-14-24(30)19-33)17-25(32-35)26-9-5-6-15-34(26)29(36)23-12-10-22(11-13-23)21-7-3-2-4-8-21/h17-18,21-24,26H,2-16,19,30H2,1H3/t22?,23?,24-,26-/m0/s1. The summed E-state index contributed by atoms with van der Waals surface area (Å²) in [4.78, 5) is 23.3. The molecule has 2 aromatic heterocycles. The summed E-state index contributed by atoms with van der Waals surface area (Å²) in [6.07, 6.45) is 18.1. The van der Waals surface area contributed by atoms with Crippen molar-refractivity contribution in [1.29, 1.82) is 0 Å². The van der Waals surface area contributed by atoms with Crippen molar-refractivity contribution in [3.05, 3.63) is 23.5 Å². The highest BCUT2D eigenvalue weighted by atomic mass is 16.2. The van der Waals surface area contributed by atoms with Gasteiger partial charge in [-0.25, -0.2) is 9.50 Å². The summed E-state index contributed by atoms with van der Waals surface area (Å²) in [5.74, 6) is 3.39. The number of hydrogen-bond donors (Lipinski definition) is 1. The Hall–Kier alpha value is -2.15. The first-order valence-electron chi connectivity index (χ1n) is 14.7. The highest BCUT2D eigenvalue weighted by molar-refractivity contribution is 5.79. The van der Waals surface area contributed by atoms with Crippen LogP contribution in [0.1, 0.15) is 101 Å². The van der Waals surface area contributed by atoms with E-state index in [2.05, 4.69) is 29.0 Å². The van der Waals surface area contributed by atoms with Crippen LogP contribution in [0.15, 0.2) is 12.3 Å². The first-order chi connectivity index (χ1) is 17.6. The Morgan fingerprint density at radius 2 is 1.67 bits per heavy atom. The Bertz CT molecular complexity index is 1070. The van der Waals surface area contributed by atoms with Crippen LogP contribution in [0.25, 0.3) is 5.65 Å². The molecule has 2 saturated heterocycles. The maximum atomic E-state index is 13.8. The maximum Gasteiger partial charge on any atom is 0.226 e. The second-order valence-corrected chi connectivity index (χ2v) is 12.2. The fraction of sp³-hybridized carbons (Fsp3) is 0.759. The number of nitrogens with zero attached hydrogens (tertiary/aromatic N) is 5. The minimum absolute atomic E-state index is 0.0768. The molecule has 0 spiro atoms. The summed E-state index contributed by atoms with van der Waals surface area (Å²) in [5, 5.41) is 4.95. The average Bonchev–Trinajstić information content (AvgIpc) is 3.54. The zero-order chi connectivity index (χ0) is 24.6. The van der Waals surface area contributed by atoms with Gasteiger partial charge < -0.3 is 15.5 Å². The van der Waals surface area contributed by atoms with E-state index < -0.39 is 0 Å². The van der Waals surface area contributed by atoms with E-state index >= 15 is 0 Å². The molecule has 0 unspecified atom stereocenters. The molecule has 0 radical (unpaired) electrons. The highest BCUT2D eigenvalue weighted by Gasteiger charge is 2.37. The van der Waals surface area contributed by atoms with Gasteiger partial charge in [0.25, 0.3) is 0 Å². The summed E-state index contributed by atoms with van der Waals surface area (Å²) >= 11 is 0. The van der Waals surface area contributed by atoms with Crippen LogP contribution in [0, 0.1) is 24.7 Å². The molecule has 2 aromatic rings. The molecule has 7 nitrogen and oxygen atoms in total. The van der Waals surface area contributed by atoms with Crippen LogP contribution in [0.2, 0.25) is 0 Å². The van der Waals surface area contributed by atoms with Crippen molar-refractivity contribution in [2.24, 2.45) is 23.5 Å². The van der Waals surface area contributed by atoms with E-state index in [0.29, 0.717) is 5.91 Å². The molecule has 4 aliphatic rings. The van der Waals surface area contributed by atoms with E-state index in [1.54, 1.807) is 0 Å². The predicted molar refractivity (Wildman–Crippen MR) is 143 cm³/mol. The van der Waals surface area contributed by atoms with E-state index in [9.17, 15) is 4.79 Å².